The Balaban J connectivity index is 2.11. The van der Waals surface area contributed by atoms with E-state index in [1.165, 1.54) is 6.92 Å². The summed E-state index contributed by atoms with van der Waals surface area (Å²) in [6, 6.07) is 4.10. The molecule has 34 heavy (non-hydrogen) atoms. The van der Waals surface area contributed by atoms with Crippen LogP contribution < -0.4 is 10.6 Å². The fourth-order valence-electron chi connectivity index (χ4n) is 3.34. The van der Waals surface area contributed by atoms with Crippen molar-refractivity contribution in [3.05, 3.63) is 35.9 Å². The molecule has 0 bridgehead atoms. The van der Waals surface area contributed by atoms with Gasteiger partial charge in [-0.25, -0.2) is 14.4 Å². The number of alkyl carbamates (subject to hydrolysis) is 1. The van der Waals surface area contributed by atoms with Crippen molar-refractivity contribution >= 4 is 29.8 Å². The highest BCUT2D eigenvalue weighted by atomic mass is 16.6. The molecule has 2 rings (SSSR count). The van der Waals surface area contributed by atoms with E-state index in [-0.39, 0.29) is 13.0 Å². The molecule has 1 aromatic carbocycles. The molecule has 0 spiro atoms. The third kappa shape index (κ3) is 7.19. The molecular weight excluding hydrogens is 446 g/mol. The second kappa shape index (κ2) is 11.0. The first-order chi connectivity index (χ1) is 15.9. The minimum atomic E-state index is -1.36. The van der Waals surface area contributed by atoms with E-state index >= 15 is 0 Å². The largest absolute Gasteiger partial charge is 0.480 e. The van der Waals surface area contributed by atoms with Gasteiger partial charge in [0.05, 0.1) is 6.61 Å². The van der Waals surface area contributed by atoms with Crippen LogP contribution in [-0.2, 0) is 35.1 Å². The van der Waals surface area contributed by atoms with Crippen LogP contribution in [0.5, 0.6) is 0 Å². The molecule has 3 N–H and O–H groups in total. The van der Waals surface area contributed by atoms with Crippen LogP contribution in [0.25, 0.3) is 0 Å². The first-order valence-corrected chi connectivity index (χ1v) is 10.9. The highest BCUT2D eigenvalue weighted by Gasteiger charge is 2.61. The predicted octanol–water partition coefficient (Wildman–Crippen LogP) is 0.854. The smallest absolute Gasteiger partial charge is 0.408 e. The maximum absolute atomic E-state index is 13.0. The molecule has 1 aliphatic heterocycles. The number of carbonyl (C=O) groups is 5. The summed E-state index contributed by atoms with van der Waals surface area (Å²) in [5.41, 5.74) is -0.0223. The van der Waals surface area contributed by atoms with Crippen molar-refractivity contribution in [1.82, 2.24) is 15.5 Å². The molecule has 1 aromatic rings. The van der Waals surface area contributed by atoms with E-state index in [9.17, 15) is 29.1 Å². The summed E-state index contributed by atoms with van der Waals surface area (Å²) in [7, 11) is 0. The summed E-state index contributed by atoms with van der Waals surface area (Å²) in [5.74, 6) is -3.60. The first-order valence-electron chi connectivity index (χ1n) is 10.9. The average Bonchev–Trinajstić information content (AvgIpc) is 3.48. The summed E-state index contributed by atoms with van der Waals surface area (Å²) in [4.78, 5) is 62.4. The lowest BCUT2D eigenvalue weighted by Gasteiger charge is -2.24. The van der Waals surface area contributed by atoms with Crippen molar-refractivity contribution < 1.29 is 38.6 Å². The predicted molar refractivity (Wildman–Crippen MR) is 120 cm³/mol. The molecular formula is C23H31N3O8. The maximum atomic E-state index is 13.0. The number of carboxylic acid groups (broad SMARTS) is 1. The van der Waals surface area contributed by atoms with Crippen LogP contribution in [0, 0.1) is 0 Å². The number of carbonyl (C=O) groups excluding carboxylic acids is 4. The molecule has 0 aromatic heterocycles. The number of rotatable bonds is 9. The molecule has 186 valence electrons. The van der Waals surface area contributed by atoms with E-state index in [1.54, 1.807) is 52.0 Å². The van der Waals surface area contributed by atoms with Crippen molar-refractivity contribution in [3.63, 3.8) is 0 Å². The summed E-state index contributed by atoms with van der Waals surface area (Å²) in [5, 5.41) is 14.3. The number of hydrogen-bond acceptors (Lipinski definition) is 7. The van der Waals surface area contributed by atoms with Crippen LogP contribution in [-0.4, -0.2) is 76.2 Å². The van der Waals surface area contributed by atoms with E-state index in [0.717, 1.165) is 10.5 Å². The minimum absolute atomic E-state index is 0.0352. The fourth-order valence-corrected chi connectivity index (χ4v) is 3.34. The zero-order valence-corrected chi connectivity index (χ0v) is 19.9. The van der Waals surface area contributed by atoms with Gasteiger partial charge in [0.1, 0.15) is 17.7 Å². The van der Waals surface area contributed by atoms with Crippen molar-refractivity contribution in [2.24, 2.45) is 0 Å². The second-order valence-corrected chi connectivity index (χ2v) is 8.84. The van der Waals surface area contributed by atoms with E-state index in [0.29, 0.717) is 0 Å². The molecule has 1 saturated heterocycles. The van der Waals surface area contributed by atoms with Gasteiger partial charge in [-0.3, -0.25) is 9.59 Å². The van der Waals surface area contributed by atoms with Gasteiger partial charge in [-0.2, -0.15) is 0 Å². The lowest BCUT2D eigenvalue weighted by Crippen LogP contribution is -2.53. The van der Waals surface area contributed by atoms with Crippen molar-refractivity contribution in [3.8, 4) is 0 Å². The molecule has 0 unspecified atom stereocenters. The summed E-state index contributed by atoms with van der Waals surface area (Å²) < 4.78 is 10.1. The highest BCUT2D eigenvalue weighted by molar-refractivity contribution is 6.02. The Labute approximate surface area is 197 Å². The number of aliphatic carboxylic acids is 1. The van der Waals surface area contributed by atoms with Crippen LogP contribution in [0.4, 0.5) is 4.79 Å². The number of nitrogens with zero attached hydrogens (tertiary/aromatic N) is 1. The van der Waals surface area contributed by atoms with E-state index in [2.05, 4.69) is 10.6 Å². The van der Waals surface area contributed by atoms with Gasteiger partial charge in [0.2, 0.25) is 11.8 Å². The number of benzene rings is 1. The summed E-state index contributed by atoms with van der Waals surface area (Å²) in [6.07, 6.45) is -0.679. The standard InChI is InChI=1S/C23H31N3O8/c1-6-33-21(31)17-16(20(29)30)26(17)19(28)13(2)24-18(27)15(12-14-10-8-7-9-11-14)25-22(32)34-23(3,4)5/h7-11,13,15-17H,6,12H2,1-5H3,(H,24,27)(H,25,32)(H,29,30)/t13-,15-,16+,17+,26?/m0/s1. The van der Waals surface area contributed by atoms with Gasteiger partial charge in [0.25, 0.3) is 0 Å². The number of amides is 3. The lowest BCUT2D eigenvalue weighted by molar-refractivity contribution is -0.145. The zero-order valence-electron chi connectivity index (χ0n) is 19.9. The van der Waals surface area contributed by atoms with Gasteiger partial charge in [0, 0.05) is 6.42 Å². The highest BCUT2D eigenvalue weighted by Crippen LogP contribution is 2.30. The van der Waals surface area contributed by atoms with Crippen molar-refractivity contribution in [2.45, 2.75) is 70.8 Å². The first kappa shape index (κ1) is 26.6. The van der Waals surface area contributed by atoms with Crippen molar-refractivity contribution in [1.29, 1.82) is 0 Å². The number of esters is 1. The zero-order chi connectivity index (χ0) is 25.6. The molecule has 1 fully saturated rings. The Bertz CT molecular complexity index is 928. The quantitative estimate of drug-likeness (QED) is 0.350. The topological polar surface area (TPSA) is 151 Å². The Hall–Kier alpha value is -3.63. The molecule has 11 heteroatoms. The van der Waals surface area contributed by atoms with Crippen LogP contribution in [0.3, 0.4) is 0 Å². The number of ether oxygens (including phenoxy) is 2. The van der Waals surface area contributed by atoms with Gasteiger partial charge in [-0.1, -0.05) is 30.3 Å². The number of hydrogen-bond donors (Lipinski definition) is 3. The molecule has 11 nitrogen and oxygen atoms in total. The van der Waals surface area contributed by atoms with Gasteiger partial charge < -0.3 is 30.1 Å². The summed E-state index contributed by atoms with van der Waals surface area (Å²) >= 11 is 0. The lowest BCUT2D eigenvalue weighted by atomic mass is 10.0. The molecule has 1 heterocycles. The molecule has 3 amide bonds. The monoisotopic (exact) mass is 477 g/mol. The normalized spacial score (nSPS) is 18.8. The minimum Gasteiger partial charge on any atom is -0.480 e. The Kier molecular flexibility index (Phi) is 8.61. The van der Waals surface area contributed by atoms with Gasteiger partial charge in [-0.15, -0.1) is 0 Å². The van der Waals surface area contributed by atoms with Crippen molar-refractivity contribution in [2.75, 3.05) is 6.61 Å². The van der Waals surface area contributed by atoms with Crippen LogP contribution in [0.1, 0.15) is 40.2 Å². The fraction of sp³-hybridized carbons (Fsp3) is 0.522. The van der Waals surface area contributed by atoms with Gasteiger partial charge in [-0.05, 0) is 40.2 Å². The SMILES string of the molecule is CCOC(=O)[C@H]1[C@H](C(=O)O)N1C(=O)[C@H](C)NC(=O)[C@H](Cc1ccccc1)NC(=O)OC(C)(C)C. The third-order valence-electron chi connectivity index (χ3n) is 4.86. The average molecular weight is 478 g/mol. The van der Waals surface area contributed by atoms with Crippen LogP contribution in [0.2, 0.25) is 0 Å². The Morgan fingerprint density at radius 3 is 2.21 bits per heavy atom. The molecule has 0 saturated carbocycles. The third-order valence-corrected chi connectivity index (χ3v) is 4.86. The molecule has 4 atom stereocenters. The number of nitrogens with one attached hydrogen (secondary N) is 2. The van der Waals surface area contributed by atoms with Crippen LogP contribution >= 0.6 is 0 Å². The second-order valence-electron chi connectivity index (χ2n) is 8.84. The Morgan fingerprint density at radius 2 is 1.68 bits per heavy atom. The number of carboxylic acids is 1. The van der Waals surface area contributed by atoms with Crippen LogP contribution in [0.15, 0.2) is 30.3 Å². The van der Waals surface area contributed by atoms with E-state index in [4.69, 9.17) is 9.47 Å². The Morgan fingerprint density at radius 1 is 1.06 bits per heavy atom. The van der Waals surface area contributed by atoms with Gasteiger partial charge >= 0.3 is 18.0 Å². The summed E-state index contributed by atoms with van der Waals surface area (Å²) in [6.45, 7) is 8.02. The maximum Gasteiger partial charge on any atom is 0.408 e. The molecule has 1 aliphatic rings. The van der Waals surface area contributed by atoms with E-state index in [1.807, 2.05) is 6.07 Å². The van der Waals surface area contributed by atoms with Gasteiger partial charge in [0.15, 0.2) is 12.1 Å². The molecule has 0 aliphatic carbocycles. The molecule has 0 radical (unpaired) electrons. The van der Waals surface area contributed by atoms with E-state index < -0.39 is 59.6 Å².